The van der Waals surface area contributed by atoms with Crippen molar-refractivity contribution >= 4 is 11.4 Å². The van der Waals surface area contributed by atoms with Crippen LogP contribution in [0.5, 0.6) is 5.75 Å². The van der Waals surface area contributed by atoms with Gasteiger partial charge in [0.15, 0.2) is 0 Å². The number of nitrogens with zero attached hydrogens (tertiary/aromatic N) is 1. The van der Waals surface area contributed by atoms with Gasteiger partial charge in [0.2, 0.25) is 0 Å². The van der Waals surface area contributed by atoms with Crippen LogP contribution in [0, 0.1) is 6.92 Å². The number of nitrogens with two attached hydrogens (primary N) is 1. The number of hydrogen-bond donors (Lipinski definition) is 3. The number of nitrogen functional groups attached to an aromatic ring is 1. The van der Waals surface area contributed by atoms with Gasteiger partial charge in [-0.2, -0.15) is 0 Å². The Kier molecular flexibility index (Phi) is 6.96. The number of benzene rings is 2. The average molecular weight is 369 g/mol. The van der Waals surface area contributed by atoms with E-state index in [-0.39, 0.29) is 6.17 Å². The number of anilines is 2. The molecular weight excluding hydrogens is 336 g/mol. The molecule has 3 rings (SSSR count). The number of hydrogen-bond acceptors (Lipinski definition) is 5. The monoisotopic (exact) mass is 368 g/mol. The Morgan fingerprint density at radius 1 is 1.19 bits per heavy atom. The first kappa shape index (κ1) is 19.5. The zero-order valence-electron chi connectivity index (χ0n) is 16.5. The van der Waals surface area contributed by atoms with Gasteiger partial charge in [-0.25, -0.2) is 0 Å². The van der Waals surface area contributed by atoms with Gasteiger partial charge in [-0.1, -0.05) is 24.3 Å². The van der Waals surface area contributed by atoms with Crippen molar-refractivity contribution in [1.29, 1.82) is 0 Å². The van der Waals surface area contributed by atoms with Crippen LogP contribution in [0.25, 0.3) is 0 Å². The third-order valence-electron chi connectivity index (χ3n) is 5.24. The Balaban J connectivity index is 1.67. The first-order chi connectivity index (χ1) is 13.2. The molecule has 2 aromatic rings. The molecule has 0 saturated carbocycles. The Morgan fingerprint density at radius 3 is 2.74 bits per heavy atom. The van der Waals surface area contributed by atoms with E-state index in [1.807, 2.05) is 18.2 Å². The van der Waals surface area contributed by atoms with Crippen LogP contribution in [-0.2, 0) is 6.42 Å². The molecule has 0 amide bonds. The summed E-state index contributed by atoms with van der Waals surface area (Å²) in [5.74, 6) is 0.979. The van der Waals surface area contributed by atoms with E-state index in [1.165, 1.54) is 11.1 Å². The summed E-state index contributed by atoms with van der Waals surface area (Å²) in [6, 6.07) is 14.5. The summed E-state index contributed by atoms with van der Waals surface area (Å²) in [5.41, 5.74) is 10.6. The molecule has 0 bridgehead atoms. The molecule has 0 spiro atoms. The molecule has 27 heavy (non-hydrogen) atoms. The van der Waals surface area contributed by atoms with Crippen LogP contribution >= 0.6 is 0 Å². The van der Waals surface area contributed by atoms with Crippen molar-refractivity contribution in [3.63, 3.8) is 0 Å². The molecule has 0 aromatic heterocycles. The van der Waals surface area contributed by atoms with Crippen molar-refractivity contribution in [2.24, 2.45) is 0 Å². The summed E-state index contributed by atoms with van der Waals surface area (Å²) in [5, 5.41) is 7.15. The lowest BCUT2D eigenvalue weighted by Crippen LogP contribution is -2.51. The minimum Gasteiger partial charge on any atom is -0.496 e. The number of aryl methyl sites for hydroxylation is 2. The van der Waals surface area contributed by atoms with Gasteiger partial charge in [-0.3, -0.25) is 4.90 Å². The third-order valence-corrected chi connectivity index (χ3v) is 5.24. The van der Waals surface area contributed by atoms with E-state index >= 15 is 0 Å². The Hall–Kier alpha value is -2.24. The molecule has 2 aromatic carbocycles. The highest BCUT2D eigenvalue weighted by Crippen LogP contribution is 2.24. The second-order valence-corrected chi connectivity index (χ2v) is 7.24. The van der Waals surface area contributed by atoms with Gasteiger partial charge in [0, 0.05) is 26.2 Å². The fourth-order valence-corrected chi connectivity index (χ4v) is 3.71. The van der Waals surface area contributed by atoms with Gasteiger partial charge in [0.05, 0.1) is 24.7 Å². The molecule has 146 valence electrons. The predicted octanol–water partition coefficient (Wildman–Crippen LogP) is 3.25. The van der Waals surface area contributed by atoms with Crippen molar-refractivity contribution in [3.05, 3.63) is 53.6 Å². The summed E-state index contributed by atoms with van der Waals surface area (Å²) in [6.07, 6.45) is 3.45. The second-order valence-electron chi connectivity index (χ2n) is 7.24. The van der Waals surface area contributed by atoms with E-state index in [1.54, 1.807) is 7.11 Å². The summed E-state index contributed by atoms with van der Waals surface area (Å²) in [4.78, 5) is 2.53. The molecule has 1 saturated heterocycles. The molecule has 1 heterocycles. The summed E-state index contributed by atoms with van der Waals surface area (Å²) >= 11 is 0. The van der Waals surface area contributed by atoms with Gasteiger partial charge in [-0.05, 0) is 55.5 Å². The van der Waals surface area contributed by atoms with Gasteiger partial charge < -0.3 is 21.1 Å². The number of piperazine rings is 1. The van der Waals surface area contributed by atoms with Crippen molar-refractivity contribution < 1.29 is 4.74 Å². The van der Waals surface area contributed by atoms with Gasteiger partial charge >= 0.3 is 0 Å². The molecule has 1 fully saturated rings. The Labute approximate surface area is 162 Å². The van der Waals surface area contributed by atoms with E-state index in [2.05, 4.69) is 46.7 Å². The van der Waals surface area contributed by atoms with E-state index in [0.29, 0.717) is 0 Å². The third kappa shape index (κ3) is 5.37. The molecule has 4 N–H and O–H groups in total. The maximum absolute atomic E-state index is 6.21. The normalized spacial score (nSPS) is 16.1. The lowest BCUT2D eigenvalue weighted by atomic mass is 10.0. The molecule has 5 heteroatoms. The lowest BCUT2D eigenvalue weighted by Gasteiger charge is -2.36. The number of methoxy groups -OCH3 is 1. The highest BCUT2D eigenvalue weighted by Gasteiger charge is 2.21. The topological polar surface area (TPSA) is 62.6 Å². The number of nitrogens with one attached hydrogen (secondary N) is 2. The first-order valence-electron chi connectivity index (χ1n) is 9.86. The summed E-state index contributed by atoms with van der Waals surface area (Å²) in [6.45, 7) is 6.28. The van der Waals surface area contributed by atoms with E-state index in [0.717, 1.165) is 62.6 Å². The predicted molar refractivity (Wildman–Crippen MR) is 113 cm³/mol. The van der Waals surface area contributed by atoms with E-state index < -0.39 is 0 Å². The summed E-state index contributed by atoms with van der Waals surface area (Å²) in [7, 11) is 1.74. The van der Waals surface area contributed by atoms with Crippen LogP contribution in [0.4, 0.5) is 11.4 Å². The van der Waals surface area contributed by atoms with Crippen molar-refractivity contribution in [2.75, 3.05) is 44.3 Å². The molecule has 1 atom stereocenters. The minimum atomic E-state index is 0.283. The standard InChI is InChI=1S/C22H32N4O/c1-17-10-11-19(23)20(16-17)25-22(26-14-12-24-13-15-26)9-5-7-18-6-3-4-8-21(18)27-2/h3-4,6,8,10-11,16,22,24-25H,5,7,9,12-15,23H2,1-2H3. The van der Waals surface area contributed by atoms with Gasteiger partial charge in [-0.15, -0.1) is 0 Å². The minimum absolute atomic E-state index is 0.283. The highest BCUT2D eigenvalue weighted by molar-refractivity contribution is 5.67. The molecule has 1 aliphatic rings. The van der Waals surface area contributed by atoms with Crippen molar-refractivity contribution in [1.82, 2.24) is 10.2 Å². The van der Waals surface area contributed by atoms with Crippen LogP contribution in [0.15, 0.2) is 42.5 Å². The fourth-order valence-electron chi connectivity index (χ4n) is 3.71. The van der Waals surface area contributed by atoms with E-state index in [4.69, 9.17) is 10.5 Å². The number of ether oxygens (including phenoxy) is 1. The number of rotatable bonds is 8. The van der Waals surface area contributed by atoms with Gasteiger partial charge in [0.25, 0.3) is 0 Å². The van der Waals surface area contributed by atoms with Crippen LogP contribution in [0.3, 0.4) is 0 Å². The molecular formula is C22H32N4O. The smallest absolute Gasteiger partial charge is 0.122 e. The quantitative estimate of drug-likeness (QED) is 0.624. The van der Waals surface area contributed by atoms with E-state index in [9.17, 15) is 0 Å². The van der Waals surface area contributed by atoms with Crippen LogP contribution in [-0.4, -0.2) is 44.4 Å². The second kappa shape index (κ2) is 9.62. The van der Waals surface area contributed by atoms with Crippen molar-refractivity contribution in [2.45, 2.75) is 32.4 Å². The largest absolute Gasteiger partial charge is 0.496 e. The maximum Gasteiger partial charge on any atom is 0.122 e. The zero-order chi connectivity index (χ0) is 19.1. The lowest BCUT2D eigenvalue weighted by molar-refractivity contribution is 0.180. The molecule has 1 unspecified atom stereocenters. The fraction of sp³-hybridized carbons (Fsp3) is 0.455. The molecule has 0 radical (unpaired) electrons. The van der Waals surface area contributed by atoms with Crippen molar-refractivity contribution in [3.8, 4) is 5.75 Å². The molecule has 1 aliphatic heterocycles. The average Bonchev–Trinajstić information content (AvgIpc) is 2.71. The Morgan fingerprint density at radius 2 is 1.96 bits per heavy atom. The van der Waals surface area contributed by atoms with Gasteiger partial charge in [0.1, 0.15) is 5.75 Å². The zero-order valence-corrected chi connectivity index (χ0v) is 16.5. The Bertz CT molecular complexity index is 728. The molecule has 5 nitrogen and oxygen atoms in total. The first-order valence-corrected chi connectivity index (χ1v) is 9.86. The summed E-state index contributed by atoms with van der Waals surface area (Å²) < 4.78 is 5.49. The van der Waals surface area contributed by atoms with Crippen LogP contribution < -0.4 is 21.1 Å². The maximum atomic E-state index is 6.21. The highest BCUT2D eigenvalue weighted by atomic mass is 16.5. The SMILES string of the molecule is COc1ccccc1CCCC(Nc1cc(C)ccc1N)N1CCNCC1. The van der Waals surface area contributed by atoms with Crippen LogP contribution in [0.2, 0.25) is 0 Å². The van der Waals surface area contributed by atoms with Crippen LogP contribution in [0.1, 0.15) is 24.0 Å². The number of para-hydroxylation sites is 1. The molecule has 0 aliphatic carbocycles.